The Kier molecular flexibility index (Phi) is 5.23. The fourth-order valence-corrected chi connectivity index (χ4v) is 2.66. The van der Waals surface area contributed by atoms with Gasteiger partial charge >= 0.3 is 0 Å². The molecule has 4 nitrogen and oxygen atoms in total. The molecule has 114 valence electrons. The van der Waals surface area contributed by atoms with Gasteiger partial charge in [0.05, 0.1) is 6.10 Å². The van der Waals surface area contributed by atoms with Crippen LogP contribution in [0.4, 0.5) is 8.78 Å². The van der Waals surface area contributed by atoms with Gasteiger partial charge in [-0.3, -0.25) is 0 Å². The van der Waals surface area contributed by atoms with Gasteiger partial charge in [-0.2, -0.15) is 0 Å². The highest BCUT2D eigenvalue weighted by Gasteiger charge is 2.24. The first-order valence-corrected chi connectivity index (χ1v) is 7.65. The van der Waals surface area contributed by atoms with E-state index in [0.717, 1.165) is 12.1 Å². The number of halogens is 2. The van der Waals surface area contributed by atoms with Crippen molar-refractivity contribution in [2.45, 2.75) is 38.2 Å². The minimum atomic E-state index is -4.13. The summed E-state index contributed by atoms with van der Waals surface area (Å²) in [6.45, 7) is 5.39. The van der Waals surface area contributed by atoms with Crippen LogP contribution in [-0.4, -0.2) is 26.2 Å². The molecule has 7 heteroatoms. The van der Waals surface area contributed by atoms with Crippen molar-refractivity contribution in [3.05, 3.63) is 29.8 Å². The second-order valence-corrected chi connectivity index (χ2v) is 7.38. The van der Waals surface area contributed by atoms with Crippen LogP contribution in [0.5, 0.6) is 0 Å². The normalized spacial score (nSPS) is 14.3. The molecule has 0 fully saturated rings. The smallest absolute Gasteiger partial charge is 0.243 e. The second-order valence-electron chi connectivity index (χ2n) is 5.64. The molecule has 1 atom stereocenters. The zero-order chi connectivity index (χ0) is 15.6. The molecule has 0 bridgehead atoms. The molecule has 0 heterocycles. The van der Waals surface area contributed by atoms with E-state index in [0.29, 0.717) is 6.07 Å². The lowest BCUT2D eigenvalue weighted by Gasteiger charge is -2.25. The van der Waals surface area contributed by atoms with Crippen LogP contribution in [0.3, 0.4) is 0 Å². The molecule has 0 saturated heterocycles. The Bertz CT molecular complexity index is 567. The predicted octanol–water partition coefficient (Wildman–Crippen LogP) is 2.04. The summed E-state index contributed by atoms with van der Waals surface area (Å²) in [5.41, 5.74) is -0.379. The minimum Gasteiger partial charge on any atom is -0.393 e. The predicted molar refractivity (Wildman–Crippen MR) is 71.6 cm³/mol. The van der Waals surface area contributed by atoms with Crippen LogP contribution < -0.4 is 4.72 Å². The molecule has 1 aromatic rings. The third kappa shape index (κ3) is 4.50. The molecule has 0 radical (unpaired) electrons. The molecule has 0 aliphatic heterocycles. The standard InChI is InChI=1S/C13H19F2NO3S/c1-13(2,3)12(17)6-7-16-20(18,19)11-8-9(14)4-5-10(11)15/h4-5,8,12,16-17H,6-7H2,1-3H3/t12-/m0/s1. The molecule has 0 amide bonds. The number of hydrogen-bond donors (Lipinski definition) is 2. The second kappa shape index (κ2) is 6.15. The molecular weight excluding hydrogens is 288 g/mol. The van der Waals surface area contributed by atoms with Crippen LogP contribution in [-0.2, 0) is 10.0 Å². The number of sulfonamides is 1. The number of aliphatic hydroxyl groups is 1. The van der Waals surface area contributed by atoms with Crippen molar-refractivity contribution < 1.29 is 22.3 Å². The first-order chi connectivity index (χ1) is 9.04. The highest BCUT2D eigenvalue weighted by atomic mass is 32.2. The van der Waals surface area contributed by atoms with Gasteiger partial charge in [0.2, 0.25) is 10.0 Å². The van der Waals surface area contributed by atoms with Crippen LogP contribution in [0.25, 0.3) is 0 Å². The molecule has 1 aromatic carbocycles. The largest absolute Gasteiger partial charge is 0.393 e. The lowest BCUT2D eigenvalue weighted by Crippen LogP contribution is -2.33. The Morgan fingerprint density at radius 3 is 2.45 bits per heavy atom. The minimum absolute atomic E-state index is 0.0588. The van der Waals surface area contributed by atoms with E-state index in [1.807, 2.05) is 20.8 Å². The average molecular weight is 307 g/mol. The number of hydrogen-bond acceptors (Lipinski definition) is 3. The summed E-state index contributed by atoms with van der Waals surface area (Å²) in [6, 6.07) is 2.23. The van der Waals surface area contributed by atoms with E-state index in [1.165, 1.54) is 0 Å². The highest BCUT2D eigenvalue weighted by Crippen LogP contribution is 2.21. The zero-order valence-electron chi connectivity index (χ0n) is 11.7. The molecule has 0 aliphatic carbocycles. The Morgan fingerprint density at radius 1 is 1.30 bits per heavy atom. The lowest BCUT2D eigenvalue weighted by molar-refractivity contribution is 0.0571. The Morgan fingerprint density at radius 2 is 1.90 bits per heavy atom. The van der Waals surface area contributed by atoms with Gasteiger partial charge in [0, 0.05) is 6.54 Å². The molecule has 0 spiro atoms. The lowest BCUT2D eigenvalue weighted by atomic mass is 9.87. The van der Waals surface area contributed by atoms with E-state index in [2.05, 4.69) is 4.72 Å². The fourth-order valence-electron chi connectivity index (χ4n) is 1.52. The highest BCUT2D eigenvalue weighted by molar-refractivity contribution is 7.89. The average Bonchev–Trinajstić information content (AvgIpc) is 2.30. The van der Waals surface area contributed by atoms with Crippen molar-refractivity contribution >= 4 is 10.0 Å². The van der Waals surface area contributed by atoms with Crippen molar-refractivity contribution in [2.75, 3.05) is 6.54 Å². The van der Waals surface area contributed by atoms with E-state index < -0.39 is 32.7 Å². The maximum Gasteiger partial charge on any atom is 0.243 e. The van der Waals surface area contributed by atoms with Gasteiger partial charge in [-0.25, -0.2) is 21.9 Å². The van der Waals surface area contributed by atoms with Gasteiger partial charge in [-0.15, -0.1) is 0 Å². The van der Waals surface area contributed by atoms with E-state index in [4.69, 9.17) is 0 Å². The molecule has 2 N–H and O–H groups in total. The van der Waals surface area contributed by atoms with Gasteiger partial charge in [0.15, 0.2) is 0 Å². The third-order valence-electron chi connectivity index (χ3n) is 2.89. The van der Waals surface area contributed by atoms with E-state index in [-0.39, 0.29) is 18.4 Å². The topological polar surface area (TPSA) is 66.4 Å². The monoisotopic (exact) mass is 307 g/mol. The Labute approximate surface area is 117 Å². The van der Waals surface area contributed by atoms with Crippen LogP contribution >= 0.6 is 0 Å². The van der Waals surface area contributed by atoms with Crippen molar-refractivity contribution in [1.29, 1.82) is 0 Å². The first-order valence-electron chi connectivity index (χ1n) is 6.17. The van der Waals surface area contributed by atoms with Crippen LogP contribution in [0.2, 0.25) is 0 Å². The maximum atomic E-state index is 13.4. The number of aliphatic hydroxyl groups excluding tert-OH is 1. The van der Waals surface area contributed by atoms with Crippen molar-refractivity contribution in [1.82, 2.24) is 4.72 Å². The molecule has 0 aliphatic rings. The first kappa shape index (κ1) is 17.0. The Balaban J connectivity index is 2.74. The fraction of sp³-hybridized carbons (Fsp3) is 0.538. The summed E-state index contributed by atoms with van der Waals surface area (Å²) >= 11 is 0. The Hall–Kier alpha value is -1.05. The van der Waals surface area contributed by atoms with Crippen molar-refractivity contribution in [3.8, 4) is 0 Å². The van der Waals surface area contributed by atoms with Crippen molar-refractivity contribution in [3.63, 3.8) is 0 Å². The summed E-state index contributed by atoms with van der Waals surface area (Å²) < 4.78 is 52.2. The zero-order valence-corrected chi connectivity index (χ0v) is 12.5. The molecule has 0 aromatic heterocycles. The van der Waals surface area contributed by atoms with E-state index in [1.54, 1.807) is 0 Å². The summed E-state index contributed by atoms with van der Waals surface area (Å²) in [5, 5.41) is 9.78. The molecule has 0 saturated carbocycles. The summed E-state index contributed by atoms with van der Waals surface area (Å²) in [7, 11) is -4.13. The SMILES string of the molecule is CC(C)(C)[C@@H](O)CCNS(=O)(=O)c1cc(F)ccc1F. The van der Waals surface area contributed by atoms with Gasteiger partial charge in [0.25, 0.3) is 0 Å². The van der Waals surface area contributed by atoms with E-state index in [9.17, 15) is 22.3 Å². The molecule has 0 unspecified atom stereocenters. The molecule has 20 heavy (non-hydrogen) atoms. The van der Waals surface area contributed by atoms with Gasteiger partial charge in [-0.1, -0.05) is 20.8 Å². The van der Waals surface area contributed by atoms with Gasteiger partial charge in [0.1, 0.15) is 16.5 Å². The molecule has 1 rings (SSSR count). The summed E-state index contributed by atoms with van der Waals surface area (Å²) in [6.07, 6.45) is -0.526. The van der Waals surface area contributed by atoms with Gasteiger partial charge < -0.3 is 5.11 Å². The number of benzene rings is 1. The maximum absolute atomic E-state index is 13.4. The number of rotatable bonds is 5. The van der Waals surface area contributed by atoms with Gasteiger partial charge in [-0.05, 0) is 30.0 Å². The van der Waals surface area contributed by atoms with Crippen LogP contribution in [0, 0.1) is 17.0 Å². The van der Waals surface area contributed by atoms with Crippen LogP contribution in [0.15, 0.2) is 23.1 Å². The summed E-state index contributed by atoms with van der Waals surface area (Å²) in [4.78, 5) is -0.734. The van der Waals surface area contributed by atoms with E-state index >= 15 is 0 Å². The van der Waals surface area contributed by atoms with Crippen molar-refractivity contribution in [2.24, 2.45) is 5.41 Å². The number of nitrogens with one attached hydrogen (secondary N) is 1. The third-order valence-corrected chi connectivity index (χ3v) is 4.37. The summed E-state index contributed by atoms with van der Waals surface area (Å²) in [5.74, 6) is -1.85. The quantitative estimate of drug-likeness (QED) is 0.875. The van der Waals surface area contributed by atoms with Crippen LogP contribution in [0.1, 0.15) is 27.2 Å². The molecular formula is C13H19F2NO3S.